The van der Waals surface area contributed by atoms with Gasteiger partial charge in [-0.3, -0.25) is 4.79 Å². The van der Waals surface area contributed by atoms with Gasteiger partial charge < -0.3 is 5.32 Å². The average molecular weight is 338 g/mol. The van der Waals surface area contributed by atoms with Gasteiger partial charge in [-0.15, -0.1) is 0 Å². The van der Waals surface area contributed by atoms with Crippen LogP contribution in [0.15, 0.2) is 11.6 Å². The molecule has 0 bridgehead atoms. The lowest BCUT2D eigenvalue weighted by molar-refractivity contribution is -0.118. The molecule has 0 heterocycles. The van der Waals surface area contributed by atoms with Gasteiger partial charge in [0.2, 0.25) is 5.91 Å². The number of nitrogens with one attached hydrogen (secondary N) is 1. The SMILES string of the molecule is CC(=O)NC/C=C(\C)CCCC(C)CCCC(C)CCCC(C)C. The van der Waals surface area contributed by atoms with Crippen LogP contribution in [0.4, 0.5) is 0 Å². The zero-order valence-electron chi connectivity index (χ0n) is 17.3. The fourth-order valence-electron chi connectivity index (χ4n) is 3.18. The summed E-state index contributed by atoms with van der Waals surface area (Å²) in [5, 5.41) is 2.82. The highest BCUT2D eigenvalue weighted by atomic mass is 16.1. The maximum atomic E-state index is 10.8. The molecule has 0 saturated heterocycles. The summed E-state index contributed by atoms with van der Waals surface area (Å²) in [4.78, 5) is 10.8. The van der Waals surface area contributed by atoms with Gasteiger partial charge in [0.05, 0.1) is 0 Å². The Labute approximate surface area is 151 Å². The standard InChI is InChI=1S/C22H43NO/c1-18(2)10-7-11-19(3)12-8-13-20(4)14-9-15-21(5)16-17-23-22(6)24/h16,18-20H,7-15,17H2,1-6H3,(H,23,24)/b21-16+. The number of amides is 1. The lowest BCUT2D eigenvalue weighted by Gasteiger charge is -2.15. The van der Waals surface area contributed by atoms with Crippen LogP contribution in [0, 0.1) is 17.8 Å². The summed E-state index contributed by atoms with van der Waals surface area (Å²) in [6, 6.07) is 0. The monoisotopic (exact) mass is 337 g/mol. The van der Waals surface area contributed by atoms with Crippen LogP contribution in [0.25, 0.3) is 0 Å². The third-order valence-electron chi connectivity index (χ3n) is 4.94. The van der Waals surface area contributed by atoms with Crippen LogP contribution in [0.5, 0.6) is 0 Å². The number of rotatable bonds is 14. The number of carbonyl (C=O) groups excluding carboxylic acids is 1. The minimum Gasteiger partial charge on any atom is -0.353 e. The van der Waals surface area contributed by atoms with E-state index in [1.165, 1.54) is 56.9 Å². The summed E-state index contributed by atoms with van der Waals surface area (Å²) in [6.45, 7) is 13.9. The van der Waals surface area contributed by atoms with Crippen LogP contribution < -0.4 is 5.32 Å². The van der Waals surface area contributed by atoms with Gasteiger partial charge in [-0.2, -0.15) is 0 Å². The molecule has 24 heavy (non-hydrogen) atoms. The summed E-state index contributed by atoms with van der Waals surface area (Å²) < 4.78 is 0. The van der Waals surface area contributed by atoms with Gasteiger partial charge >= 0.3 is 0 Å². The van der Waals surface area contributed by atoms with E-state index in [-0.39, 0.29) is 5.91 Å². The zero-order chi connectivity index (χ0) is 18.4. The summed E-state index contributed by atoms with van der Waals surface area (Å²) in [6.07, 6.45) is 14.3. The minimum atomic E-state index is 0.0473. The van der Waals surface area contributed by atoms with Gasteiger partial charge in [0, 0.05) is 13.5 Å². The van der Waals surface area contributed by atoms with Crippen molar-refractivity contribution >= 4 is 5.91 Å². The van der Waals surface area contributed by atoms with Gasteiger partial charge in [0.15, 0.2) is 0 Å². The smallest absolute Gasteiger partial charge is 0.217 e. The number of hydrogen-bond donors (Lipinski definition) is 1. The predicted octanol–water partition coefficient (Wildman–Crippen LogP) is 6.51. The highest BCUT2D eigenvalue weighted by Crippen LogP contribution is 2.21. The molecule has 2 nitrogen and oxygen atoms in total. The maximum Gasteiger partial charge on any atom is 0.217 e. The number of carbonyl (C=O) groups is 1. The first kappa shape index (κ1) is 23.2. The summed E-state index contributed by atoms with van der Waals surface area (Å²) in [7, 11) is 0. The van der Waals surface area contributed by atoms with E-state index in [1.54, 1.807) is 6.92 Å². The molecular formula is C22H43NO. The molecule has 0 rings (SSSR count). The largest absolute Gasteiger partial charge is 0.353 e. The lowest BCUT2D eigenvalue weighted by atomic mass is 9.91. The van der Waals surface area contributed by atoms with E-state index in [2.05, 4.69) is 46.0 Å². The molecule has 0 aromatic heterocycles. The van der Waals surface area contributed by atoms with Crippen molar-refractivity contribution in [3.8, 4) is 0 Å². The summed E-state index contributed by atoms with van der Waals surface area (Å²) in [5.41, 5.74) is 1.40. The maximum absolute atomic E-state index is 10.8. The Morgan fingerprint density at radius 3 is 1.83 bits per heavy atom. The minimum absolute atomic E-state index is 0.0473. The van der Waals surface area contributed by atoms with Crippen LogP contribution in [0.2, 0.25) is 0 Å². The number of hydrogen-bond acceptors (Lipinski definition) is 1. The third-order valence-corrected chi connectivity index (χ3v) is 4.94. The first-order valence-electron chi connectivity index (χ1n) is 10.2. The predicted molar refractivity (Wildman–Crippen MR) is 107 cm³/mol. The van der Waals surface area contributed by atoms with Crippen molar-refractivity contribution in [3.63, 3.8) is 0 Å². The highest BCUT2D eigenvalue weighted by molar-refractivity contribution is 5.72. The van der Waals surface area contributed by atoms with E-state index in [0.29, 0.717) is 6.54 Å². The van der Waals surface area contributed by atoms with Crippen molar-refractivity contribution in [2.75, 3.05) is 6.54 Å². The molecule has 2 heteroatoms. The van der Waals surface area contributed by atoms with Crippen LogP contribution >= 0.6 is 0 Å². The van der Waals surface area contributed by atoms with Crippen LogP contribution in [0.3, 0.4) is 0 Å². The van der Waals surface area contributed by atoms with Crippen molar-refractivity contribution in [1.29, 1.82) is 0 Å². The Hall–Kier alpha value is -0.790. The second-order valence-electron chi connectivity index (χ2n) is 8.35. The topological polar surface area (TPSA) is 29.1 Å². The molecule has 0 aliphatic rings. The molecule has 0 aromatic carbocycles. The van der Waals surface area contributed by atoms with Crippen molar-refractivity contribution < 1.29 is 4.79 Å². The molecule has 0 aliphatic heterocycles. The Balaban J connectivity index is 3.61. The highest BCUT2D eigenvalue weighted by Gasteiger charge is 2.06. The van der Waals surface area contributed by atoms with Gasteiger partial charge in [-0.25, -0.2) is 0 Å². The van der Waals surface area contributed by atoms with E-state index in [1.807, 2.05) is 0 Å². The first-order chi connectivity index (χ1) is 11.3. The van der Waals surface area contributed by atoms with E-state index >= 15 is 0 Å². The fourth-order valence-corrected chi connectivity index (χ4v) is 3.18. The van der Waals surface area contributed by atoms with Crippen molar-refractivity contribution in [1.82, 2.24) is 5.32 Å². The second-order valence-corrected chi connectivity index (χ2v) is 8.35. The second kappa shape index (κ2) is 14.5. The van der Waals surface area contributed by atoms with Crippen LogP contribution in [0.1, 0.15) is 99.3 Å². The number of allylic oxidation sites excluding steroid dienone is 1. The van der Waals surface area contributed by atoms with E-state index in [0.717, 1.165) is 24.2 Å². The van der Waals surface area contributed by atoms with Gasteiger partial charge in [0.25, 0.3) is 0 Å². The van der Waals surface area contributed by atoms with E-state index in [4.69, 9.17) is 0 Å². The first-order valence-corrected chi connectivity index (χ1v) is 10.2. The fraction of sp³-hybridized carbons (Fsp3) is 0.864. The van der Waals surface area contributed by atoms with Gasteiger partial charge in [0.1, 0.15) is 0 Å². The van der Waals surface area contributed by atoms with Crippen LogP contribution in [-0.2, 0) is 4.79 Å². The molecule has 0 fully saturated rings. The molecular weight excluding hydrogens is 294 g/mol. The molecule has 2 unspecified atom stereocenters. The molecule has 1 N–H and O–H groups in total. The van der Waals surface area contributed by atoms with Crippen molar-refractivity contribution in [2.45, 2.75) is 99.3 Å². The normalized spacial score (nSPS) is 14.7. The Morgan fingerprint density at radius 1 is 0.833 bits per heavy atom. The molecule has 1 amide bonds. The lowest BCUT2D eigenvalue weighted by Crippen LogP contribution is -2.19. The van der Waals surface area contributed by atoms with Crippen LogP contribution in [-0.4, -0.2) is 12.5 Å². The third kappa shape index (κ3) is 16.1. The van der Waals surface area contributed by atoms with Gasteiger partial charge in [-0.05, 0) is 37.5 Å². The Bertz CT molecular complexity index is 346. The zero-order valence-corrected chi connectivity index (χ0v) is 17.3. The Kier molecular flexibility index (Phi) is 14.1. The average Bonchev–Trinajstić information content (AvgIpc) is 2.46. The van der Waals surface area contributed by atoms with E-state index in [9.17, 15) is 4.79 Å². The quantitative estimate of drug-likeness (QED) is 0.360. The Morgan fingerprint density at radius 2 is 1.33 bits per heavy atom. The molecule has 2 atom stereocenters. The van der Waals surface area contributed by atoms with Crippen molar-refractivity contribution in [3.05, 3.63) is 11.6 Å². The summed E-state index contributed by atoms with van der Waals surface area (Å²) in [5.74, 6) is 2.64. The molecule has 0 aromatic rings. The van der Waals surface area contributed by atoms with Gasteiger partial charge in [-0.1, -0.05) is 84.3 Å². The molecule has 0 aliphatic carbocycles. The molecule has 0 saturated carbocycles. The summed E-state index contributed by atoms with van der Waals surface area (Å²) >= 11 is 0. The van der Waals surface area contributed by atoms with Crippen molar-refractivity contribution in [2.24, 2.45) is 17.8 Å². The van der Waals surface area contributed by atoms with E-state index < -0.39 is 0 Å². The molecule has 0 radical (unpaired) electrons. The molecule has 0 spiro atoms. The molecule has 142 valence electrons.